The van der Waals surface area contributed by atoms with Crippen LogP contribution < -0.4 is 10.9 Å². The number of amides is 3. The van der Waals surface area contributed by atoms with Gasteiger partial charge < -0.3 is 25.2 Å². The number of carbonyl (C=O) groups is 2. The Morgan fingerprint density at radius 2 is 1.74 bits per heavy atom. The lowest BCUT2D eigenvalue weighted by molar-refractivity contribution is -0.142. The first kappa shape index (κ1) is 36.4. The first-order valence-electron chi connectivity index (χ1n) is 18.4. The highest BCUT2D eigenvalue weighted by molar-refractivity contribution is 5.82. The van der Waals surface area contributed by atoms with Crippen molar-refractivity contribution < 1.29 is 27.9 Å². The zero-order valence-corrected chi connectivity index (χ0v) is 29.7. The fraction of sp³-hybridized carbons (Fsp3) is 0.415. The molecule has 2 fully saturated rings. The van der Waals surface area contributed by atoms with Crippen LogP contribution >= 0.6 is 0 Å². The number of benzene rings is 3. The summed E-state index contributed by atoms with van der Waals surface area (Å²) in [6.45, 7) is 0.615. The van der Waals surface area contributed by atoms with Crippen LogP contribution in [0.5, 0.6) is 0 Å². The first-order valence-corrected chi connectivity index (χ1v) is 18.4. The molecular formula is C41H44F3N5O4. The molecule has 0 bridgehead atoms. The molecule has 1 aromatic heterocycles. The summed E-state index contributed by atoms with van der Waals surface area (Å²) in [6.07, 6.45) is 1.74. The average molecular weight is 728 g/mol. The van der Waals surface area contributed by atoms with Crippen LogP contribution in [0.1, 0.15) is 96.8 Å². The van der Waals surface area contributed by atoms with Crippen molar-refractivity contribution in [3.63, 3.8) is 0 Å². The standard InChI is InChI=1S/C41H44F3N5O4/c1-48(39(53)45-32-12-3-2-4-13-32)24-26-15-17-27(18-16-26)28-8-5-10-30(22-28)40(19-20-40)38-46-34-14-7-21-49(25-33(34)36(51)47-38)37(52)35(50)29-9-6-11-31(23-29)41(42,43)44/h5-6,8-11,15-18,22-23,32,35,50H,2-4,7,12-14,19-21,24-25H2,1H3,(H,45,53)(H,46,47,51)/t35-/m1/s1. The number of aliphatic hydroxyl groups is 1. The average Bonchev–Trinajstić information content (AvgIpc) is 4.00. The lowest BCUT2D eigenvalue weighted by atomic mass is 9.91. The van der Waals surface area contributed by atoms with Crippen molar-refractivity contribution in [3.05, 3.63) is 122 Å². The van der Waals surface area contributed by atoms with Gasteiger partial charge in [-0.25, -0.2) is 9.78 Å². The van der Waals surface area contributed by atoms with E-state index in [4.69, 9.17) is 4.98 Å². The smallest absolute Gasteiger partial charge is 0.378 e. The SMILES string of the molecule is CN(Cc1ccc(-c2cccc(C3(c4nc5c(c(=O)[nH]4)CN(C(=O)[C@H](O)c4cccc(C(F)(F)F)c4)CCC5)CC3)c2)cc1)C(=O)NC1CCCCC1. The second-order valence-electron chi connectivity index (χ2n) is 14.7. The zero-order chi connectivity index (χ0) is 37.3. The molecule has 3 aromatic carbocycles. The summed E-state index contributed by atoms with van der Waals surface area (Å²) < 4.78 is 39.8. The highest BCUT2D eigenvalue weighted by Crippen LogP contribution is 2.52. The molecular weight excluding hydrogens is 683 g/mol. The van der Waals surface area contributed by atoms with Gasteiger partial charge in [0, 0.05) is 26.2 Å². The number of carbonyl (C=O) groups excluding carboxylic acids is 2. The molecule has 0 unspecified atom stereocenters. The Morgan fingerprint density at radius 3 is 2.45 bits per heavy atom. The molecule has 2 heterocycles. The third-order valence-electron chi connectivity index (χ3n) is 11.0. The Balaban J connectivity index is 1.04. The Bertz CT molecular complexity index is 2040. The van der Waals surface area contributed by atoms with E-state index in [2.05, 4.69) is 28.5 Å². The van der Waals surface area contributed by atoms with Gasteiger partial charge in [-0.2, -0.15) is 13.2 Å². The minimum Gasteiger partial charge on any atom is -0.378 e. The van der Waals surface area contributed by atoms with Crippen molar-refractivity contribution in [2.24, 2.45) is 0 Å². The summed E-state index contributed by atoms with van der Waals surface area (Å²) in [4.78, 5) is 50.7. The van der Waals surface area contributed by atoms with Crippen LogP contribution in [-0.4, -0.2) is 56.4 Å². The number of fused-ring (bicyclic) bond motifs is 1. The van der Waals surface area contributed by atoms with Gasteiger partial charge in [0.05, 0.1) is 28.8 Å². The molecule has 2 aliphatic carbocycles. The third-order valence-corrected chi connectivity index (χ3v) is 11.0. The minimum atomic E-state index is -4.62. The van der Waals surface area contributed by atoms with E-state index in [1.54, 1.807) is 4.90 Å². The van der Waals surface area contributed by atoms with Crippen molar-refractivity contribution in [1.82, 2.24) is 25.1 Å². The lowest BCUT2D eigenvalue weighted by Crippen LogP contribution is -2.43. The van der Waals surface area contributed by atoms with E-state index in [1.807, 2.05) is 37.4 Å². The lowest BCUT2D eigenvalue weighted by Gasteiger charge is -2.26. The van der Waals surface area contributed by atoms with Gasteiger partial charge in [-0.15, -0.1) is 0 Å². The number of alkyl halides is 3. The van der Waals surface area contributed by atoms with E-state index in [9.17, 15) is 32.7 Å². The molecule has 1 atom stereocenters. The van der Waals surface area contributed by atoms with Crippen molar-refractivity contribution in [2.45, 2.75) is 94.6 Å². The van der Waals surface area contributed by atoms with Crippen molar-refractivity contribution in [3.8, 4) is 11.1 Å². The second kappa shape index (κ2) is 14.8. The summed E-state index contributed by atoms with van der Waals surface area (Å²) in [5, 5.41) is 13.9. The van der Waals surface area contributed by atoms with Crippen LogP contribution in [0.3, 0.4) is 0 Å². The van der Waals surface area contributed by atoms with Crippen LogP contribution in [0.4, 0.5) is 18.0 Å². The minimum absolute atomic E-state index is 0.0495. The Morgan fingerprint density at radius 1 is 1.00 bits per heavy atom. The van der Waals surface area contributed by atoms with E-state index < -0.39 is 29.2 Å². The molecule has 9 nitrogen and oxygen atoms in total. The number of aliphatic hydroxyl groups excluding tert-OH is 1. The number of nitrogens with one attached hydrogen (secondary N) is 2. The molecule has 3 amide bonds. The number of aromatic nitrogens is 2. The molecule has 4 aromatic rings. The summed E-state index contributed by atoms with van der Waals surface area (Å²) in [5.41, 5.74) is 3.08. The highest BCUT2D eigenvalue weighted by atomic mass is 19.4. The summed E-state index contributed by atoms with van der Waals surface area (Å²) >= 11 is 0. The normalized spacial score (nSPS) is 17.7. The highest BCUT2D eigenvalue weighted by Gasteiger charge is 2.49. The van der Waals surface area contributed by atoms with Gasteiger partial charge >= 0.3 is 12.2 Å². The number of hydrogen-bond acceptors (Lipinski definition) is 5. The Labute approximate surface area is 306 Å². The molecule has 53 heavy (non-hydrogen) atoms. The molecule has 0 radical (unpaired) electrons. The van der Waals surface area contributed by atoms with Crippen LogP contribution in [0.25, 0.3) is 11.1 Å². The molecule has 2 saturated carbocycles. The number of H-pyrrole nitrogens is 1. The van der Waals surface area contributed by atoms with Gasteiger partial charge in [0.25, 0.3) is 11.5 Å². The van der Waals surface area contributed by atoms with E-state index >= 15 is 0 Å². The van der Waals surface area contributed by atoms with Gasteiger partial charge in [-0.3, -0.25) is 9.59 Å². The molecule has 12 heteroatoms. The topological polar surface area (TPSA) is 119 Å². The van der Waals surface area contributed by atoms with Crippen molar-refractivity contribution >= 4 is 11.9 Å². The fourth-order valence-corrected chi connectivity index (χ4v) is 7.70. The van der Waals surface area contributed by atoms with Crippen LogP contribution in [-0.2, 0) is 35.9 Å². The van der Waals surface area contributed by atoms with Gasteiger partial charge in [0.15, 0.2) is 6.10 Å². The Hall–Kier alpha value is -4.97. The Kier molecular flexibility index (Phi) is 10.2. The van der Waals surface area contributed by atoms with Crippen molar-refractivity contribution in [1.29, 1.82) is 0 Å². The van der Waals surface area contributed by atoms with E-state index in [0.29, 0.717) is 36.5 Å². The zero-order valence-electron chi connectivity index (χ0n) is 29.7. The first-order chi connectivity index (χ1) is 25.4. The number of halogens is 3. The number of aryl methyl sites for hydroxylation is 1. The maximum atomic E-state index is 13.6. The maximum Gasteiger partial charge on any atom is 0.416 e. The molecule has 3 aliphatic rings. The van der Waals surface area contributed by atoms with Gasteiger partial charge in [0.1, 0.15) is 5.82 Å². The molecule has 1 aliphatic heterocycles. The van der Waals surface area contributed by atoms with E-state index in [-0.39, 0.29) is 36.3 Å². The van der Waals surface area contributed by atoms with E-state index in [1.165, 1.54) is 17.4 Å². The van der Waals surface area contributed by atoms with Gasteiger partial charge in [-0.05, 0) is 78.5 Å². The molecule has 0 saturated heterocycles. The van der Waals surface area contributed by atoms with Crippen molar-refractivity contribution in [2.75, 3.05) is 13.6 Å². The largest absolute Gasteiger partial charge is 0.416 e. The van der Waals surface area contributed by atoms with Crippen LogP contribution in [0.15, 0.2) is 77.6 Å². The van der Waals surface area contributed by atoms with Gasteiger partial charge in [0.2, 0.25) is 0 Å². The van der Waals surface area contributed by atoms with E-state index in [0.717, 1.165) is 79.0 Å². The third kappa shape index (κ3) is 7.88. The monoisotopic (exact) mass is 727 g/mol. The number of hydrogen-bond donors (Lipinski definition) is 3. The summed E-state index contributed by atoms with van der Waals surface area (Å²) in [6, 6.07) is 20.7. The molecule has 7 rings (SSSR count). The predicted octanol–water partition coefficient (Wildman–Crippen LogP) is 7.02. The number of nitrogens with zero attached hydrogens (tertiary/aromatic N) is 3. The maximum absolute atomic E-state index is 13.6. The quantitative estimate of drug-likeness (QED) is 0.180. The number of aromatic amines is 1. The second-order valence-corrected chi connectivity index (χ2v) is 14.7. The summed E-state index contributed by atoms with van der Waals surface area (Å²) in [7, 11) is 1.82. The van der Waals surface area contributed by atoms with Gasteiger partial charge in [-0.1, -0.05) is 79.9 Å². The number of urea groups is 1. The van der Waals surface area contributed by atoms with Crippen LogP contribution in [0, 0.1) is 0 Å². The van der Waals surface area contributed by atoms with Crippen LogP contribution in [0.2, 0.25) is 0 Å². The predicted molar refractivity (Wildman–Crippen MR) is 194 cm³/mol. The molecule has 278 valence electrons. The fourth-order valence-electron chi connectivity index (χ4n) is 7.70. The number of rotatable bonds is 8. The summed E-state index contributed by atoms with van der Waals surface area (Å²) in [5.74, 6) is -0.191. The molecule has 0 spiro atoms. The molecule has 3 N–H and O–H groups in total.